The maximum Gasteiger partial charge on any atom is 0.325 e. The van der Waals surface area contributed by atoms with Crippen LogP contribution in [0.3, 0.4) is 0 Å². The van der Waals surface area contributed by atoms with E-state index in [9.17, 15) is 9.59 Å². The number of hydrogen-bond donors (Lipinski definition) is 2. The van der Waals surface area contributed by atoms with E-state index in [0.717, 1.165) is 6.42 Å². The van der Waals surface area contributed by atoms with Gasteiger partial charge >= 0.3 is 5.97 Å². The van der Waals surface area contributed by atoms with Crippen LogP contribution in [0.4, 0.5) is 0 Å². The number of carboxylic acid groups (broad SMARTS) is 1. The lowest BCUT2D eigenvalue weighted by atomic mass is 10.2. The zero-order valence-corrected chi connectivity index (χ0v) is 10.6. The highest BCUT2D eigenvalue weighted by atomic mass is 32.1. The molecule has 0 aliphatic heterocycles. The molecule has 0 bridgehead atoms. The summed E-state index contributed by atoms with van der Waals surface area (Å²) in [4.78, 5) is 23.7. The molecule has 2 N–H and O–H groups in total. The summed E-state index contributed by atoms with van der Waals surface area (Å²) >= 11 is 1.67. The highest BCUT2D eigenvalue weighted by molar-refractivity contribution is 7.10. The maximum atomic E-state index is 11.8. The Kier molecular flexibility index (Phi) is 3.19. The smallest absolute Gasteiger partial charge is 0.325 e. The van der Waals surface area contributed by atoms with Gasteiger partial charge in [-0.2, -0.15) is 0 Å². The molecule has 92 valence electrons. The summed E-state index contributed by atoms with van der Waals surface area (Å²) in [5.41, 5.74) is 1.22. The van der Waals surface area contributed by atoms with Crippen LogP contribution in [0.25, 0.3) is 0 Å². The van der Waals surface area contributed by atoms with Crippen LogP contribution in [0, 0.1) is 12.8 Å². The zero-order valence-electron chi connectivity index (χ0n) is 9.77. The number of nitrogens with one attached hydrogen (secondary N) is 1. The Morgan fingerprint density at radius 1 is 1.59 bits per heavy atom. The summed E-state index contributed by atoms with van der Waals surface area (Å²) in [5.74, 6) is -0.898. The fourth-order valence-corrected chi connectivity index (χ4v) is 3.03. The number of aryl methyl sites for hydroxylation is 1. The second-order valence-electron chi connectivity index (χ2n) is 4.49. The van der Waals surface area contributed by atoms with Crippen LogP contribution in [0.2, 0.25) is 0 Å². The first-order valence-corrected chi connectivity index (χ1v) is 6.46. The Morgan fingerprint density at radius 3 is 2.82 bits per heavy atom. The van der Waals surface area contributed by atoms with Gasteiger partial charge < -0.3 is 10.4 Å². The van der Waals surface area contributed by atoms with Gasteiger partial charge in [0, 0.05) is 16.7 Å². The Labute approximate surface area is 104 Å². The molecule has 0 radical (unpaired) electrons. The van der Waals surface area contributed by atoms with Crippen molar-refractivity contribution in [3.8, 4) is 0 Å². The van der Waals surface area contributed by atoms with Crippen molar-refractivity contribution in [2.75, 3.05) is 0 Å². The minimum absolute atomic E-state index is 0.0471. The third-order valence-electron chi connectivity index (χ3n) is 3.09. The standard InChI is InChI=1S/C12H15NO3S/c1-6-3-4-17-10(6)8-5-9(8)11(14)13-7(2)12(15)16/h3-4,7-9H,5H2,1-2H3,(H,13,14)(H,15,16)/t7-,8+,9+/m0/s1. The van der Waals surface area contributed by atoms with Crippen molar-refractivity contribution in [2.45, 2.75) is 32.2 Å². The normalized spacial score (nSPS) is 24.1. The van der Waals surface area contributed by atoms with Gasteiger partial charge in [-0.15, -0.1) is 11.3 Å². The molecule has 1 aromatic heterocycles. The summed E-state index contributed by atoms with van der Waals surface area (Å²) in [6, 6.07) is 1.24. The van der Waals surface area contributed by atoms with Crippen molar-refractivity contribution in [1.29, 1.82) is 0 Å². The molecule has 1 saturated carbocycles. The third-order valence-corrected chi connectivity index (χ3v) is 4.25. The molecule has 1 aromatic rings. The van der Waals surface area contributed by atoms with Crippen molar-refractivity contribution < 1.29 is 14.7 Å². The van der Waals surface area contributed by atoms with Gasteiger partial charge in [0.1, 0.15) is 6.04 Å². The van der Waals surface area contributed by atoms with Gasteiger partial charge in [0.05, 0.1) is 0 Å². The molecule has 5 heteroatoms. The molecular formula is C12H15NO3S. The molecule has 1 heterocycles. The van der Waals surface area contributed by atoms with E-state index in [1.807, 2.05) is 18.4 Å². The summed E-state index contributed by atoms with van der Waals surface area (Å²) in [6.45, 7) is 3.52. The van der Waals surface area contributed by atoms with E-state index in [4.69, 9.17) is 5.11 Å². The molecule has 1 fully saturated rings. The van der Waals surface area contributed by atoms with Crippen molar-refractivity contribution >= 4 is 23.2 Å². The number of hydrogen-bond acceptors (Lipinski definition) is 3. The van der Waals surface area contributed by atoms with Crippen molar-refractivity contribution in [2.24, 2.45) is 5.92 Å². The van der Waals surface area contributed by atoms with Gasteiger partial charge in [-0.3, -0.25) is 9.59 Å². The van der Waals surface area contributed by atoms with Crippen LogP contribution < -0.4 is 5.32 Å². The Hall–Kier alpha value is -1.36. The Bertz CT molecular complexity index is 454. The number of amides is 1. The van der Waals surface area contributed by atoms with E-state index in [2.05, 4.69) is 5.32 Å². The second-order valence-corrected chi connectivity index (χ2v) is 5.43. The summed E-state index contributed by atoms with van der Waals surface area (Å²) in [7, 11) is 0. The molecule has 0 aromatic carbocycles. The van der Waals surface area contributed by atoms with Crippen LogP contribution in [-0.4, -0.2) is 23.0 Å². The minimum atomic E-state index is -0.997. The predicted molar refractivity (Wildman–Crippen MR) is 65.1 cm³/mol. The number of carbonyl (C=O) groups excluding carboxylic acids is 1. The SMILES string of the molecule is Cc1ccsc1[C@@H]1C[C@H]1C(=O)N[C@@H](C)C(=O)O. The van der Waals surface area contributed by atoms with Crippen molar-refractivity contribution in [1.82, 2.24) is 5.32 Å². The lowest BCUT2D eigenvalue weighted by Crippen LogP contribution is -2.39. The molecule has 0 saturated heterocycles. The predicted octanol–water partition coefficient (Wildman–Crippen LogP) is 1.75. The van der Waals surface area contributed by atoms with E-state index in [1.165, 1.54) is 17.4 Å². The number of thiophene rings is 1. The molecule has 4 nitrogen and oxygen atoms in total. The van der Waals surface area contributed by atoms with Crippen LogP contribution in [-0.2, 0) is 9.59 Å². The Morgan fingerprint density at radius 2 is 2.29 bits per heavy atom. The molecular weight excluding hydrogens is 238 g/mol. The van der Waals surface area contributed by atoms with Gasteiger partial charge in [0.15, 0.2) is 0 Å². The van der Waals surface area contributed by atoms with Gasteiger partial charge in [-0.1, -0.05) is 0 Å². The van der Waals surface area contributed by atoms with Crippen LogP contribution in [0.5, 0.6) is 0 Å². The zero-order chi connectivity index (χ0) is 12.6. The van der Waals surface area contributed by atoms with Gasteiger partial charge in [-0.05, 0) is 37.3 Å². The van der Waals surface area contributed by atoms with E-state index in [-0.39, 0.29) is 17.7 Å². The van der Waals surface area contributed by atoms with Gasteiger partial charge in [0.25, 0.3) is 0 Å². The lowest BCUT2D eigenvalue weighted by molar-refractivity contribution is -0.141. The van der Waals surface area contributed by atoms with Gasteiger partial charge in [-0.25, -0.2) is 0 Å². The quantitative estimate of drug-likeness (QED) is 0.859. The van der Waals surface area contributed by atoms with E-state index < -0.39 is 12.0 Å². The summed E-state index contributed by atoms with van der Waals surface area (Å²) in [5, 5.41) is 13.3. The molecule has 1 aliphatic rings. The van der Waals surface area contributed by atoms with Gasteiger partial charge in [0.2, 0.25) is 5.91 Å². The average molecular weight is 253 g/mol. The summed E-state index contributed by atoms with van der Waals surface area (Å²) < 4.78 is 0. The molecule has 1 amide bonds. The monoisotopic (exact) mass is 253 g/mol. The maximum absolute atomic E-state index is 11.8. The van der Waals surface area contributed by atoms with Crippen LogP contribution >= 0.6 is 11.3 Å². The second kappa shape index (κ2) is 4.49. The molecule has 0 spiro atoms. The molecule has 0 unspecified atom stereocenters. The first-order chi connectivity index (χ1) is 8.00. The van der Waals surface area contributed by atoms with Crippen molar-refractivity contribution in [3.63, 3.8) is 0 Å². The van der Waals surface area contributed by atoms with Crippen LogP contribution in [0.15, 0.2) is 11.4 Å². The first-order valence-electron chi connectivity index (χ1n) is 5.58. The summed E-state index contributed by atoms with van der Waals surface area (Å²) in [6.07, 6.45) is 0.833. The van der Waals surface area contributed by atoms with E-state index >= 15 is 0 Å². The molecule has 17 heavy (non-hydrogen) atoms. The fraction of sp³-hybridized carbons (Fsp3) is 0.500. The van der Waals surface area contributed by atoms with E-state index in [0.29, 0.717) is 0 Å². The average Bonchev–Trinajstić information content (AvgIpc) is 2.94. The lowest BCUT2D eigenvalue weighted by Gasteiger charge is -2.08. The molecule has 1 aliphatic carbocycles. The number of carbonyl (C=O) groups is 2. The number of rotatable bonds is 4. The number of carboxylic acids is 1. The largest absolute Gasteiger partial charge is 0.480 e. The Balaban J connectivity index is 1.93. The van der Waals surface area contributed by atoms with Crippen molar-refractivity contribution in [3.05, 3.63) is 21.9 Å². The minimum Gasteiger partial charge on any atom is -0.480 e. The van der Waals surface area contributed by atoms with E-state index in [1.54, 1.807) is 11.3 Å². The molecule has 2 rings (SSSR count). The first kappa shape index (κ1) is 12.1. The highest BCUT2D eigenvalue weighted by Crippen LogP contribution is 2.50. The fourth-order valence-electron chi connectivity index (χ4n) is 1.92. The third kappa shape index (κ3) is 2.49. The topological polar surface area (TPSA) is 66.4 Å². The highest BCUT2D eigenvalue weighted by Gasteiger charge is 2.45. The number of aliphatic carboxylic acids is 1. The molecule has 3 atom stereocenters. The van der Waals surface area contributed by atoms with Crippen LogP contribution in [0.1, 0.15) is 29.7 Å².